The molecular weight excluding hydrogens is 1770 g/mol. The van der Waals surface area contributed by atoms with Crippen LogP contribution < -0.4 is 26.6 Å². The van der Waals surface area contributed by atoms with Gasteiger partial charge in [0.25, 0.3) is 0 Å². The van der Waals surface area contributed by atoms with Crippen molar-refractivity contribution < 1.29 is 257 Å². The van der Waals surface area contributed by atoms with E-state index < -0.39 is 409 Å². The van der Waals surface area contributed by atoms with Crippen LogP contribution in [0.15, 0.2) is 0 Å². The van der Waals surface area contributed by atoms with Crippen LogP contribution in [0.25, 0.3) is 0 Å². The normalized spacial score (nSPS) is 47.8. The number of nitrogens with one attached hydrogen (secondary N) is 5. The van der Waals surface area contributed by atoms with Gasteiger partial charge in [0.2, 0.25) is 30.0 Å². The molecule has 5 amide bonds. The van der Waals surface area contributed by atoms with Gasteiger partial charge in [0.15, 0.2) is 62.9 Å². The molecule has 0 aliphatic carbocycles. The van der Waals surface area contributed by atoms with Crippen LogP contribution in [0.4, 0.5) is 0 Å². The van der Waals surface area contributed by atoms with E-state index in [1.165, 1.54) is 6.92 Å². The Morgan fingerprint density at radius 3 is 0.984 bits per heavy atom. The highest BCUT2D eigenvalue weighted by atomic mass is 16.8. The van der Waals surface area contributed by atoms with E-state index in [4.69, 9.17) is 94.7 Å². The summed E-state index contributed by atoms with van der Waals surface area (Å²) >= 11 is 0. The Hall–Kier alpha value is -4.53. The van der Waals surface area contributed by atoms with Crippen LogP contribution in [0.3, 0.4) is 0 Å². The van der Waals surface area contributed by atoms with E-state index in [0.29, 0.717) is 0 Å². The van der Waals surface area contributed by atoms with Crippen molar-refractivity contribution in [3.63, 3.8) is 0 Å². The molecule has 57 heteroatoms. The number of amides is 5. The van der Waals surface area contributed by atoms with Crippen LogP contribution in [0.2, 0.25) is 0 Å². The second-order valence-corrected chi connectivity index (χ2v) is 32.4. The third-order valence-corrected chi connectivity index (χ3v) is 23.4. The van der Waals surface area contributed by atoms with Crippen molar-refractivity contribution in [2.45, 2.75) is 347 Å². The molecule has 0 saturated carbocycles. The molecule has 746 valence electrons. The molecule has 0 aromatic rings. The van der Waals surface area contributed by atoms with Crippen molar-refractivity contribution in [2.75, 3.05) is 72.7 Å². The topological polar surface area (TPSA) is 876 Å². The Morgan fingerprint density at radius 1 is 0.271 bits per heavy atom. The minimum Gasteiger partial charge on any atom is -0.394 e. The molecular formula is C72H121N5O52. The number of carbonyl (C=O) groups is 5. The van der Waals surface area contributed by atoms with Crippen molar-refractivity contribution in [3.05, 3.63) is 0 Å². The Labute approximate surface area is 731 Å². The Morgan fingerprint density at radius 2 is 0.566 bits per heavy atom. The zero-order valence-electron chi connectivity index (χ0n) is 69.6. The minimum absolute atomic E-state index is 0.232. The third kappa shape index (κ3) is 24.2. The van der Waals surface area contributed by atoms with E-state index in [1.807, 2.05) is 0 Å². The summed E-state index contributed by atoms with van der Waals surface area (Å²) < 4.78 is 119. The molecule has 0 radical (unpaired) electrons. The number of aliphatic hydroxyl groups is 27. The minimum atomic E-state index is -2.65. The highest BCUT2D eigenvalue weighted by Crippen LogP contribution is 2.41. The Bertz CT molecular complexity index is 3480. The van der Waals surface area contributed by atoms with Gasteiger partial charge in [-0.2, -0.15) is 0 Å². The summed E-state index contributed by atoms with van der Waals surface area (Å²) in [6, 6.07) is -8.98. The quantitative estimate of drug-likeness (QED) is 0.0257. The maximum absolute atomic E-state index is 13.5. The highest BCUT2D eigenvalue weighted by molar-refractivity contribution is 5.74. The lowest BCUT2D eigenvalue weighted by molar-refractivity contribution is -0.391. The molecule has 0 unspecified atom stereocenters. The molecule has 10 aliphatic rings. The fraction of sp³-hybridized carbons (Fsp3) is 0.931. The SMILES string of the molecule is CC(=O)N[C@H]1[C@H](OC[C@H]2O[C@@H](O[C@H]3[C@H](O)[C@@H](CO)O[C@@H](O[C@H]4[C@@H](O)[C@@H](CO)O[C@@H](O[C@H]5[C@H](O)[C@@H](O)[C@H](OC[C@@H](CO)NC=O)O[C@@H]5CO)[C@@H]4O)[C@@H]3NC(C)=O)[C@H](O)[C@@H](O[C@@H]3O[C@H](CO)[C@@H](O)[C@H](O[C@@H]4O[C@H](CO)[C@H](O)[C@H](O[C@H]5O[C@H](CO)[C@H](O)[C@H](O)[C@H]5NC(C)=O)[C@H]4O)[C@H]3NC(C)=O)[C@H]2O)O[C@H](CO)[C@@H](O[C@@H]2O[C@H](CO)[C@H](O)[C@H](O)[C@H]2O[C@@H]2O[C@@H](C)[C@@H](O)[C@@H](O)[C@@H]2O)[C@@H]1O. The first-order valence-corrected chi connectivity index (χ1v) is 41.2. The predicted octanol–water partition coefficient (Wildman–Crippen LogP) is -22.1. The molecule has 0 spiro atoms. The monoisotopic (exact) mass is 1890 g/mol. The first kappa shape index (κ1) is 107. The molecule has 10 aliphatic heterocycles. The second kappa shape index (κ2) is 47.5. The van der Waals surface area contributed by atoms with Crippen LogP contribution in [0.1, 0.15) is 34.6 Å². The molecule has 0 aromatic heterocycles. The van der Waals surface area contributed by atoms with E-state index in [9.17, 15) is 162 Å². The molecule has 129 heavy (non-hydrogen) atoms. The fourth-order valence-corrected chi connectivity index (χ4v) is 16.5. The summed E-state index contributed by atoms with van der Waals surface area (Å²) in [6.07, 6.45) is -96.0. The van der Waals surface area contributed by atoms with E-state index >= 15 is 0 Å². The summed E-state index contributed by atoms with van der Waals surface area (Å²) in [6.45, 7) is -6.50. The van der Waals surface area contributed by atoms with Gasteiger partial charge < -0.3 is 259 Å². The maximum Gasteiger partial charge on any atom is 0.217 e. The van der Waals surface area contributed by atoms with Gasteiger partial charge in [-0.05, 0) is 6.92 Å². The maximum atomic E-state index is 13.5. The first-order chi connectivity index (χ1) is 61.2. The van der Waals surface area contributed by atoms with Crippen molar-refractivity contribution in [1.82, 2.24) is 26.6 Å². The second-order valence-electron chi connectivity index (χ2n) is 32.4. The number of hydrogen-bond acceptors (Lipinski definition) is 52. The Balaban J connectivity index is 0.984. The molecule has 57 nitrogen and oxygen atoms in total. The van der Waals surface area contributed by atoms with Crippen LogP contribution in [0.5, 0.6) is 0 Å². The molecule has 0 aromatic carbocycles. The summed E-state index contributed by atoms with van der Waals surface area (Å²) in [5.74, 6) is -3.94. The predicted molar refractivity (Wildman–Crippen MR) is 398 cm³/mol. The average Bonchev–Trinajstić information content (AvgIpc) is 0.763. The van der Waals surface area contributed by atoms with Crippen LogP contribution in [-0.2, 0) is 119 Å². The molecule has 10 rings (SSSR count). The molecule has 10 heterocycles. The van der Waals surface area contributed by atoms with Crippen LogP contribution >= 0.6 is 0 Å². The van der Waals surface area contributed by atoms with Gasteiger partial charge >= 0.3 is 0 Å². The molecule has 32 N–H and O–H groups in total. The molecule has 10 saturated heterocycles. The van der Waals surface area contributed by atoms with Gasteiger partial charge in [-0.25, -0.2) is 0 Å². The van der Waals surface area contributed by atoms with Crippen molar-refractivity contribution in [3.8, 4) is 0 Å². The van der Waals surface area contributed by atoms with Crippen molar-refractivity contribution in [2.24, 2.45) is 0 Å². The first-order valence-electron chi connectivity index (χ1n) is 41.2. The van der Waals surface area contributed by atoms with Gasteiger partial charge in [-0.1, -0.05) is 0 Å². The summed E-state index contributed by atoms with van der Waals surface area (Å²) in [7, 11) is 0. The summed E-state index contributed by atoms with van der Waals surface area (Å²) in [5.41, 5.74) is 0. The standard InChI is InChI=1S/C72H121N5O52/c1-18-37(92)47(102)50(105)68(112-18)129-62-48(103)39(94)25(8-80)118-72(62)123-55-30(13-85)119-63(34(46(55)101)75-20(3)89)111-16-32-44(99)61(128-66-35(76-21(4)90)57(40(95)26(9-81)115-66)124-70-53(108)59(42(97)29(12-84)117-70)126-64-33(74-19(2)88)45(100)38(93)24(7-79)113-64)54(109)71(121-32)125-58-36(77-22(5)91)65(114-27(10-82)41(58)96)127-60-43(98)28(11-83)116-69(52(60)107)122-56-31(14-86)120-67(51(106)49(56)104)110-15-23(6-78)73-17-87/h17-18,23-72,78-86,92-109H,6-16H2,1-5H3,(H,73,87)(H,74,88)(H,75,89)(H,76,90)(H,77,91)/t18-,23+,24+,25+,26+,27+,28+,29+,30+,31+,32+,33+,34+,35+,36+,37+,38-,39-,40+,41+,42-,43-,44-,45+,46+,47+,48-,49+,50-,51+,52+,53+,54+,55+,56+,57+,58+,59-,60-,61-,62+,63+,64+,65-,66-,67+,68-,69-,70-,71-,72-/m0/s1. The largest absolute Gasteiger partial charge is 0.394 e. The van der Waals surface area contributed by atoms with Crippen LogP contribution in [0, 0.1) is 0 Å². The van der Waals surface area contributed by atoms with Crippen LogP contribution in [-0.4, -0.2) is 553 Å². The lowest BCUT2D eigenvalue weighted by Gasteiger charge is -2.51. The van der Waals surface area contributed by atoms with E-state index in [-0.39, 0.29) is 6.41 Å². The zero-order chi connectivity index (χ0) is 94.9. The lowest BCUT2D eigenvalue weighted by atomic mass is 9.93. The summed E-state index contributed by atoms with van der Waals surface area (Å²) in [4.78, 5) is 63.8. The molecule has 51 atom stereocenters. The number of rotatable bonds is 37. The smallest absolute Gasteiger partial charge is 0.217 e. The Kier molecular flexibility index (Phi) is 39.2. The van der Waals surface area contributed by atoms with Crippen molar-refractivity contribution in [1.29, 1.82) is 0 Å². The highest BCUT2D eigenvalue weighted by Gasteiger charge is 2.62. The molecule has 10 fully saturated rings. The average molecular weight is 1890 g/mol. The number of ether oxygens (including phenoxy) is 20. The van der Waals surface area contributed by atoms with E-state index in [1.54, 1.807) is 0 Å². The fourth-order valence-electron chi connectivity index (χ4n) is 16.5. The van der Waals surface area contributed by atoms with E-state index in [2.05, 4.69) is 26.6 Å². The van der Waals surface area contributed by atoms with Gasteiger partial charge in [0, 0.05) is 27.7 Å². The van der Waals surface area contributed by atoms with E-state index in [0.717, 1.165) is 27.7 Å². The number of hydrogen-bond donors (Lipinski definition) is 32. The number of aliphatic hydroxyl groups excluding tert-OH is 27. The van der Waals surface area contributed by atoms with Gasteiger partial charge in [-0.15, -0.1) is 0 Å². The van der Waals surface area contributed by atoms with Crippen molar-refractivity contribution >= 4 is 30.0 Å². The zero-order valence-corrected chi connectivity index (χ0v) is 69.6. The lowest BCUT2D eigenvalue weighted by Crippen LogP contribution is -2.71. The number of carbonyl (C=O) groups excluding carboxylic acids is 5. The van der Waals surface area contributed by atoms with Gasteiger partial charge in [0.1, 0.15) is 238 Å². The van der Waals surface area contributed by atoms with Gasteiger partial charge in [-0.3, -0.25) is 24.0 Å². The summed E-state index contributed by atoms with van der Waals surface area (Å²) in [5, 5.41) is 315. The third-order valence-electron chi connectivity index (χ3n) is 23.4. The molecule has 0 bridgehead atoms. The van der Waals surface area contributed by atoms with Gasteiger partial charge in [0.05, 0.1) is 84.8 Å².